The lowest BCUT2D eigenvalue weighted by Crippen LogP contribution is -2.27. The predicted molar refractivity (Wildman–Crippen MR) is 39.6 cm³/mol. The van der Waals surface area contributed by atoms with Gasteiger partial charge in [0.1, 0.15) is 0 Å². The van der Waals surface area contributed by atoms with E-state index in [2.05, 4.69) is 11.4 Å². The van der Waals surface area contributed by atoms with Crippen LogP contribution in [0, 0.1) is 11.3 Å². The number of nitriles is 1. The normalized spacial score (nSPS) is 12.5. The molecule has 0 aromatic rings. The third-order valence-electron chi connectivity index (χ3n) is 1.09. The summed E-state index contributed by atoms with van der Waals surface area (Å²) in [5.74, 6) is 0. The van der Waals surface area contributed by atoms with Crippen molar-refractivity contribution in [1.29, 1.82) is 5.26 Å². The van der Waals surface area contributed by atoms with E-state index < -0.39 is 0 Å². The average Bonchev–Trinajstić information content (AvgIpc) is 1.98. The third-order valence-corrected chi connectivity index (χ3v) is 1.09. The van der Waals surface area contributed by atoms with Gasteiger partial charge in [0.15, 0.2) is 0 Å². The van der Waals surface area contributed by atoms with Gasteiger partial charge in [-0.1, -0.05) is 0 Å². The lowest BCUT2D eigenvalue weighted by atomic mass is 10.4. The molecule has 0 spiro atoms. The summed E-state index contributed by atoms with van der Waals surface area (Å²) >= 11 is 0. The van der Waals surface area contributed by atoms with Crippen LogP contribution in [0.5, 0.6) is 0 Å². The second-order valence-corrected chi connectivity index (χ2v) is 2.00. The average molecular weight is 142 g/mol. The summed E-state index contributed by atoms with van der Waals surface area (Å²) in [6.07, 6.45) is 0. The maximum absolute atomic E-state index is 8.34. The van der Waals surface area contributed by atoms with E-state index in [1.807, 2.05) is 13.8 Å². The maximum atomic E-state index is 8.34. The highest BCUT2D eigenvalue weighted by Crippen LogP contribution is 1.76. The lowest BCUT2D eigenvalue weighted by Gasteiger charge is -2.04. The molecule has 58 valence electrons. The summed E-state index contributed by atoms with van der Waals surface area (Å²) in [6.45, 7) is 5.95. The van der Waals surface area contributed by atoms with Crippen LogP contribution in [0.15, 0.2) is 0 Å². The highest BCUT2D eigenvalue weighted by Gasteiger charge is 1.94. The first-order chi connectivity index (χ1) is 4.81. The summed E-state index contributed by atoms with van der Waals surface area (Å²) < 4.78 is 5.06. The Bertz CT molecular complexity index is 109. The van der Waals surface area contributed by atoms with Crippen molar-refractivity contribution in [2.24, 2.45) is 0 Å². The van der Waals surface area contributed by atoms with E-state index in [1.54, 1.807) is 0 Å². The molecule has 0 heterocycles. The van der Waals surface area contributed by atoms with Crippen molar-refractivity contribution in [2.75, 3.05) is 19.8 Å². The van der Waals surface area contributed by atoms with Crippen LogP contribution in [0.2, 0.25) is 0 Å². The van der Waals surface area contributed by atoms with Crippen LogP contribution in [-0.4, -0.2) is 25.8 Å². The lowest BCUT2D eigenvalue weighted by molar-refractivity contribution is 0.148. The molecular formula is C7H14N2O. The summed E-state index contributed by atoms with van der Waals surface area (Å²) in [5, 5.41) is 11.3. The van der Waals surface area contributed by atoms with E-state index in [1.165, 1.54) is 0 Å². The molecule has 0 saturated heterocycles. The first kappa shape index (κ1) is 9.41. The number of ether oxygens (including phenoxy) is 1. The second kappa shape index (κ2) is 6.53. The monoisotopic (exact) mass is 142 g/mol. The molecule has 1 unspecified atom stereocenters. The Hall–Kier alpha value is -0.590. The Morgan fingerprint density at radius 3 is 2.90 bits per heavy atom. The SMILES string of the molecule is CCOCCNC(C)C#N. The van der Waals surface area contributed by atoms with Crippen molar-refractivity contribution >= 4 is 0 Å². The van der Waals surface area contributed by atoms with Gasteiger partial charge in [-0.25, -0.2) is 0 Å². The molecule has 0 aliphatic rings. The number of rotatable bonds is 5. The Kier molecular flexibility index (Phi) is 6.14. The van der Waals surface area contributed by atoms with Gasteiger partial charge in [0, 0.05) is 13.2 Å². The van der Waals surface area contributed by atoms with Gasteiger partial charge in [-0.15, -0.1) is 0 Å². The molecule has 0 aromatic carbocycles. The number of nitrogens with zero attached hydrogens (tertiary/aromatic N) is 1. The number of nitrogens with one attached hydrogen (secondary N) is 1. The van der Waals surface area contributed by atoms with Crippen molar-refractivity contribution < 1.29 is 4.74 Å². The van der Waals surface area contributed by atoms with Crippen molar-refractivity contribution in [1.82, 2.24) is 5.32 Å². The molecule has 1 N–H and O–H groups in total. The minimum Gasteiger partial charge on any atom is -0.380 e. The second-order valence-electron chi connectivity index (χ2n) is 2.00. The fourth-order valence-corrected chi connectivity index (χ4v) is 0.538. The van der Waals surface area contributed by atoms with E-state index in [0.29, 0.717) is 6.61 Å². The smallest absolute Gasteiger partial charge is 0.0925 e. The first-order valence-corrected chi connectivity index (χ1v) is 3.52. The van der Waals surface area contributed by atoms with Crippen molar-refractivity contribution in [3.8, 4) is 6.07 Å². The molecule has 10 heavy (non-hydrogen) atoms. The summed E-state index contributed by atoms with van der Waals surface area (Å²) in [5.41, 5.74) is 0. The molecule has 0 radical (unpaired) electrons. The van der Waals surface area contributed by atoms with Gasteiger partial charge in [0.2, 0.25) is 0 Å². The maximum Gasteiger partial charge on any atom is 0.0925 e. The molecule has 0 aliphatic heterocycles. The largest absolute Gasteiger partial charge is 0.380 e. The van der Waals surface area contributed by atoms with Crippen LogP contribution in [0.4, 0.5) is 0 Å². The summed E-state index contributed by atoms with van der Waals surface area (Å²) in [6, 6.07) is 2.01. The molecule has 3 nitrogen and oxygen atoms in total. The van der Waals surface area contributed by atoms with Crippen molar-refractivity contribution in [3.63, 3.8) is 0 Å². The molecule has 0 fully saturated rings. The molecule has 1 atom stereocenters. The number of hydrogen-bond donors (Lipinski definition) is 1. The van der Waals surface area contributed by atoms with Crippen LogP contribution < -0.4 is 5.32 Å². The van der Waals surface area contributed by atoms with Gasteiger partial charge < -0.3 is 4.74 Å². The van der Waals surface area contributed by atoms with E-state index in [0.717, 1.165) is 13.2 Å². The van der Waals surface area contributed by atoms with Gasteiger partial charge in [-0.2, -0.15) is 5.26 Å². The summed E-state index contributed by atoms with van der Waals surface area (Å²) in [4.78, 5) is 0. The van der Waals surface area contributed by atoms with Crippen molar-refractivity contribution in [2.45, 2.75) is 19.9 Å². The molecule has 0 rings (SSSR count). The van der Waals surface area contributed by atoms with Gasteiger partial charge in [-0.05, 0) is 13.8 Å². The molecule has 0 aromatic heterocycles. The zero-order valence-electron chi connectivity index (χ0n) is 6.55. The Balaban J connectivity index is 2.98. The van der Waals surface area contributed by atoms with Crippen LogP contribution in [-0.2, 0) is 4.74 Å². The highest BCUT2D eigenvalue weighted by molar-refractivity contribution is 4.84. The molecule has 0 bridgehead atoms. The predicted octanol–water partition coefficient (Wildman–Crippen LogP) is 0.525. The van der Waals surface area contributed by atoms with E-state index >= 15 is 0 Å². The quantitative estimate of drug-likeness (QED) is 0.569. The Labute approximate surface area is 62.0 Å². The fourth-order valence-electron chi connectivity index (χ4n) is 0.538. The van der Waals surface area contributed by atoms with E-state index in [4.69, 9.17) is 10.00 Å². The molecule has 0 aliphatic carbocycles. The summed E-state index contributed by atoms with van der Waals surface area (Å²) in [7, 11) is 0. The topological polar surface area (TPSA) is 45.0 Å². The van der Waals surface area contributed by atoms with Crippen LogP contribution in [0.3, 0.4) is 0 Å². The molecule has 3 heteroatoms. The fraction of sp³-hybridized carbons (Fsp3) is 0.857. The zero-order chi connectivity index (χ0) is 7.82. The van der Waals surface area contributed by atoms with E-state index in [-0.39, 0.29) is 6.04 Å². The van der Waals surface area contributed by atoms with Crippen molar-refractivity contribution in [3.05, 3.63) is 0 Å². The molecular weight excluding hydrogens is 128 g/mol. The minimum absolute atomic E-state index is 0.0690. The molecule has 0 amide bonds. The van der Waals surface area contributed by atoms with Gasteiger partial charge in [0.25, 0.3) is 0 Å². The van der Waals surface area contributed by atoms with Gasteiger partial charge in [0.05, 0.1) is 18.7 Å². The minimum atomic E-state index is -0.0690. The molecule has 0 saturated carbocycles. The van der Waals surface area contributed by atoms with Crippen LogP contribution in [0.1, 0.15) is 13.8 Å². The highest BCUT2D eigenvalue weighted by atomic mass is 16.5. The Morgan fingerprint density at radius 1 is 1.70 bits per heavy atom. The first-order valence-electron chi connectivity index (χ1n) is 3.52. The van der Waals surface area contributed by atoms with E-state index in [9.17, 15) is 0 Å². The van der Waals surface area contributed by atoms with Crippen LogP contribution >= 0.6 is 0 Å². The Morgan fingerprint density at radius 2 is 2.40 bits per heavy atom. The van der Waals surface area contributed by atoms with Gasteiger partial charge in [-0.3, -0.25) is 5.32 Å². The van der Waals surface area contributed by atoms with Gasteiger partial charge >= 0.3 is 0 Å². The van der Waals surface area contributed by atoms with Crippen LogP contribution in [0.25, 0.3) is 0 Å². The standard InChI is InChI=1S/C7H14N2O/c1-3-10-5-4-9-7(2)6-8/h7,9H,3-5H2,1-2H3. The zero-order valence-corrected chi connectivity index (χ0v) is 6.55. The third kappa shape index (κ3) is 5.54. The number of hydrogen-bond acceptors (Lipinski definition) is 3.